The summed E-state index contributed by atoms with van der Waals surface area (Å²) < 4.78 is 12.1. The van der Waals surface area contributed by atoms with Crippen LogP contribution in [-0.2, 0) is 28.7 Å². The van der Waals surface area contributed by atoms with Gasteiger partial charge in [0.05, 0.1) is 19.8 Å². The third-order valence-electron chi connectivity index (χ3n) is 13.7. The van der Waals surface area contributed by atoms with Crippen LogP contribution >= 0.6 is 34.8 Å². The van der Waals surface area contributed by atoms with Gasteiger partial charge in [0.15, 0.2) is 0 Å². The van der Waals surface area contributed by atoms with Gasteiger partial charge in [0.2, 0.25) is 0 Å². The fourth-order valence-electron chi connectivity index (χ4n) is 9.86. The Labute approximate surface area is 331 Å². The maximum Gasteiger partial charge on any atom is 0.126 e. The van der Waals surface area contributed by atoms with Gasteiger partial charge in [-0.25, -0.2) is 0 Å². The molecule has 5 nitrogen and oxygen atoms in total. The summed E-state index contributed by atoms with van der Waals surface area (Å²) in [4.78, 5) is 0. The number of halogens is 3. The second-order valence-corrected chi connectivity index (χ2v) is 19.3. The molecule has 3 aromatic carbocycles. The Hall–Kier alpha value is -1.93. The minimum Gasteiger partial charge on any atom is -0.393 e. The van der Waals surface area contributed by atoms with E-state index in [1.807, 2.05) is 60.7 Å². The summed E-state index contributed by atoms with van der Waals surface area (Å²) >= 11 is 17.7. The first-order chi connectivity index (χ1) is 24.9. The lowest BCUT2D eigenvalue weighted by molar-refractivity contribution is 0.0595. The van der Waals surface area contributed by atoms with Gasteiger partial charge in [-0.05, 0) is 120 Å². The largest absolute Gasteiger partial charge is 0.393 e. The maximum atomic E-state index is 9.74. The SMILES string of the molecule is CC1(C)CCC(Cc2ccc(Cl)cc2)=C1CO.CC1(C)CC[C@@]2(Cc3ccc(Cl)cc3)O[C@@]12CO.CC1(C)CC[C@]2(Cc3ccc(Cl)cc3)O[C@]12CO. The van der Waals surface area contributed by atoms with Crippen molar-refractivity contribution in [3.63, 3.8) is 0 Å². The van der Waals surface area contributed by atoms with Crippen LogP contribution in [0.5, 0.6) is 0 Å². The quantitative estimate of drug-likeness (QED) is 0.149. The zero-order valence-corrected chi connectivity index (χ0v) is 34.5. The van der Waals surface area contributed by atoms with Crippen molar-refractivity contribution in [1.29, 1.82) is 0 Å². The molecule has 0 bridgehead atoms. The highest BCUT2D eigenvalue weighted by atomic mass is 35.5. The monoisotopic (exact) mass is 782 g/mol. The van der Waals surface area contributed by atoms with Crippen LogP contribution in [0.1, 0.15) is 96.8 Å². The van der Waals surface area contributed by atoms with Crippen molar-refractivity contribution in [3.8, 4) is 0 Å². The first-order valence-electron chi connectivity index (χ1n) is 19.1. The molecule has 3 aromatic rings. The Morgan fingerprint density at radius 2 is 0.906 bits per heavy atom. The van der Waals surface area contributed by atoms with Crippen molar-refractivity contribution in [2.24, 2.45) is 16.2 Å². The molecular formula is C45H57Cl3O5. The molecule has 5 aliphatic rings. The molecule has 0 amide bonds. The van der Waals surface area contributed by atoms with E-state index < -0.39 is 0 Å². The lowest BCUT2D eigenvalue weighted by atomic mass is 9.77. The second-order valence-electron chi connectivity index (χ2n) is 18.0. The molecule has 2 saturated heterocycles. The van der Waals surface area contributed by atoms with Gasteiger partial charge in [-0.2, -0.15) is 0 Å². The molecule has 8 heteroatoms. The van der Waals surface area contributed by atoms with Crippen LogP contribution in [0.4, 0.5) is 0 Å². The fraction of sp³-hybridized carbons (Fsp3) is 0.556. The predicted octanol–water partition coefficient (Wildman–Crippen LogP) is 10.4. The van der Waals surface area contributed by atoms with Gasteiger partial charge < -0.3 is 24.8 Å². The summed E-state index contributed by atoms with van der Waals surface area (Å²) in [6, 6.07) is 23.8. The van der Waals surface area contributed by atoms with Crippen LogP contribution in [-0.4, -0.2) is 57.5 Å². The molecule has 4 fully saturated rings. The van der Waals surface area contributed by atoms with Crippen LogP contribution < -0.4 is 0 Å². The number of rotatable bonds is 9. The van der Waals surface area contributed by atoms with Gasteiger partial charge in [0, 0.05) is 27.9 Å². The lowest BCUT2D eigenvalue weighted by Gasteiger charge is -2.26. The molecule has 0 radical (unpaired) electrons. The topological polar surface area (TPSA) is 85.8 Å². The zero-order valence-electron chi connectivity index (χ0n) is 32.2. The smallest absolute Gasteiger partial charge is 0.126 e. The van der Waals surface area contributed by atoms with Crippen LogP contribution in [0.2, 0.25) is 15.1 Å². The molecule has 0 spiro atoms. The molecule has 8 rings (SSSR count). The molecule has 288 valence electrons. The lowest BCUT2D eigenvalue weighted by Crippen LogP contribution is -2.37. The Morgan fingerprint density at radius 3 is 1.25 bits per heavy atom. The van der Waals surface area contributed by atoms with Crippen molar-refractivity contribution in [2.45, 2.75) is 122 Å². The van der Waals surface area contributed by atoms with Crippen molar-refractivity contribution < 1.29 is 24.8 Å². The van der Waals surface area contributed by atoms with E-state index in [0.29, 0.717) is 0 Å². The van der Waals surface area contributed by atoms with E-state index in [4.69, 9.17) is 44.3 Å². The van der Waals surface area contributed by atoms with Crippen LogP contribution in [0.15, 0.2) is 83.9 Å². The number of aliphatic hydroxyl groups excluding tert-OH is 3. The maximum absolute atomic E-state index is 9.74. The Balaban J connectivity index is 0.000000136. The van der Waals surface area contributed by atoms with Gasteiger partial charge >= 0.3 is 0 Å². The summed E-state index contributed by atoms with van der Waals surface area (Å²) in [6.07, 6.45) is 9.21. The van der Waals surface area contributed by atoms with Crippen molar-refractivity contribution in [1.82, 2.24) is 0 Å². The van der Waals surface area contributed by atoms with Gasteiger partial charge in [0.25, 0.3) is 0 Å². The summed E-state index contributed by atoms with van der Waals surface area (Å²) in [5, 5.41) is 31.3. The second kappa shape index (κ2) is 14.9. The molecule has 2 saturated carbocycles. The third kappa shape index (κ3) is 7.52. The Morgan fingerprint density at radius 1 is 0.528 bits per heavy atom. The molecule has 0 aromatic heterocycles. The minimum atomic E-state index is -0.334. The predicted molar refractivity (Wildman–Crippen MR) is 216 cm³/mol. The molecule has 3 aliphatic carbocycles. The normalized spacial score (nSPS) is 30.8. The third-order valence-corrected chi connectivity index (χ3v) is 14.4. The summed E-state index contributed by atoms with van der Waals surface area (Å²) in [7, 11) is 0. The van der Waals surface area contributed by atoms with Crippen LogP contribution in [0.3, 0.4) is 0 Å². The van der Waals surface area contributed by atoms with Crippen molar-refractivity contribution >= 4 is 34.8 Å². The number of ether oxygens (including phenoxy) is 2. The van der Waals surface area contributed by atoms with Gasteiger partial charge in [-0.15, -0.1) is 0 Å². The van der Waals surface area contributed by atoms with E-state index in [1.165, 1.54) is 27.8 Å². The number of allylic oxidation sites excluding steroid dienone is 1. The number of benzene rings is 3. The number of hydrogen-bond donors (Lipinski definition) is 3. The molecule has 2 heterocycles. The van der Waals surface area contributed by atoms with Crippen molar-refractivity contribution in [2.75, 3.05) is 19.8 Å². The Bertz CT molecular complexity index is 1690. The van der Waals surface area contributed by atoms with Crippen LogP contribution in [0, 0.1) is 16.2 Å². The van der Waals surface area contributed by atoms with E-state index in [2.05, 4.69) is 53.7 Å². The summed E-state index contributed by atoms with van der Waals surface area (Å²) in [5.41, 5.74) is 5.68. The first-order valence-corrected chi connectivity index (χ1v) is 20.2. The van der Waals surface area contributed by atoms with E-state index in [-0.39, 0.29) is 58.5 Å². The van der Waals surface area contributed by atoms with Gasteiger partial charge in [-0.3, -0.25) is 0 Å². The highest BCUT2D eigenvalue weighted by Crippen LogP contribution is 2.70. The average molecular weight is 784 g/mol. The minimum absolute atomic E-state index is 0.0637. The fourth-order valence-corrected chi connectivity index (χ4v) is 10.2. The highest BCUT2D eigenvalue weighted by Gasteiger charge is 2.79. The number of fused-ring (bicyclic) bond motifs is 2. The number of aliphatic hydroxyl groups is 3. The number of epoxide rings is 2. The molecule has 2 aliphatic heterocycles. The molecule has 4 atom stereocenters. The molecule has 3 N–H and O–H groups in total. The van der Waals surface area contributed by atoms with E-state index in [1.54, 1.807) is 0 Å². The molecule has 53 heavy (non-hydrogen) atoms. The average Bonchev–Trinajstić information content (AvgIpc) is 3.90. The van der Waals surface area contributed by atoms with Gasteiger partial charge in [-0.1, -0.05) is 118 Å². The summed E-state index contributed by atoms with van der Waals surface area (Å²) in [5.74, 6) is 0. The standard InChI is InChI=1S/2C15H19ClO2.C15H19ClO/c2*1-13(2)7-8-14(15(13,10-17)18-14)9-11-3-5-12(16)6-4-11;1-15(2)8-7-12(14(15)10-17)9-11-3-5-13(16)6-4-11/h2*3-6,17H,7-10H2,1-2H3;3-6,17H,7-10H2,1-2H3/t2*14-,15-;/m10./s1. The molecule has 0 unspecified atom stereocenters. The summed E-state index contributed by atoms with van der Waals surface area (Å²) in [6.45, 7) is 13.6. The zero-order chi connectivity index (χ0) is 38.5. The first kappa shape index (κ1) is 40.7. The number of hydrogen-bond acceptors (Lipinski definition) is 5. The van der Waals surface area contributed by atoms with E-state index in [9.17, 15) is 15.3 Å². The van der Waals surface area contributed by atoms with Crippen molar-refractivity contribution in [3.05, 3.63) is 116 Å². The Kier molecular flexibility index (Phi) is 11.4. The van der Waals surface area contributed by atoms with Gasteiger partial charge in [0.1, 0.15) is 22.4 Å². The van der Waals surface area contributed by atoms with E-state index in [0.717, 1.165) is 72.9 Å². The van der Waals surface area contributed by atoms with E-state index >= 15 is 0 Å². The highest BCUT2D eigenvalue weighted by molar-refractivity contribution is 6.31. The molecular weight excluding hydrogens is 727 g/mol. The van der Waals surface area contributed by atoms with Crippen LogP contribution in [0.25, 0.3) is 0 Å².